The Bertz CT molecular complexity index is 1540. The van der Waals surface area contributed by atoms with E-state index in [1.807, 2.05) is 0 Å². The van der Waals surface area contributed by atoms with E-state index in [1.54, 1.807) is 23.1 Å². The number of benzene rings is 1. The van der Waals surface area contributed by atoms with Crippen molar-refractivity contribution < 1.29 is 27.8 Å². The fourth-order valence-electron chi connectivity index (χ4n) is 4.94. The van der Waals surface area contributed by atoms with Crippen molar-refractivity contribution in [3.8, 4) is 22.9 Å². The Morgan fingerprint density at radius 1 is 1.22 bits per heavy atom. The first-order chi connectivity index (χ1) is 17.9. The standard InChI is InChI=1S/C25H19F3N6O3/c26-17-3-1-2-16(21(17)36)18-7-19-23(33-32-18)30-12-25(24(27)28)8-15(10-34(19)25)37-20-5-4-14-6-13(11-35)9-29-22(14)31-20/h1-7,9,11,15,24,36H,8,10,12H2,(H,30,33)/t15-,25-/m1/s1. The van der Waals surface area contributed by atoms with Gasteiger partial charge < -0.3 is 20.1 Å². The molecule has 0 unspecified atom stereocenters. The van der Waals surface area contributed by atoms with Gasteiger partial charge in [0, 0.05) is 41.7 Å². The molecule has 0 radical (unpaired) electrons. The zero-order valence-electron chi connectivity index (χ0n) is 19.1. The van der Waals surface area contributed by atoms with E-state index in [4.69, 9.17) is 4.74 Å². The van der Waals surface area contributed by atoms with Gasteiger partial charge in [0.2, 0.25) is 5.88 Å². The SMILES string of the molecule is O=Cc1cnc2nc(O[C@H]3CN4c5cc(-c6cccc(F)c6O)nnc5NC[C@@]4(C(F)F)C3)ccc2c1. The maximum atomic E-state index is 14.6. The Morgan fingerprint density at radius 3 is 2.89 bits per heavy atom. The van der Waals surface area contributed by atoms with E-state index < -0.39 is 29.6 Å². The molecular formula is C25H19F3N6O3. The molecule has 0 bridgehead atoms. The molecule has 2 N–H and O–H groups in total. The molecule has 2 aliphatic rings. The van der Waals surface area contributed by atoms with E-state index in [-0.39, 0.29) is 36.6 Å². The molecule has 12 heteroatoms. The number of carbonyl (C=O) groups is 1. The second-order valence-corrected chi connectivity index (χ2v) is 8.99. The summed E-state index contributed by atoms with van der Waals surface area (Å²) >= 11 is 0. The molecule has 4 aromatic rings. The quantitative estimate of drug-likeness (QED) is 0.388. The number of anilines is 2. The molecule has 9 nitrogen and oxygen atoms in total. The number of nitrogens with one attached hydrogen (secondary N) is 1. The highest BCUT2D eigenvalue weighted by atomic mass is 19.3. The summed E-state index contributed by atoms with van der Waals surface area (Å²) in [6.07, 6.45) is -1.29. The maximum absolute atomic E-state index is 14.6. The zero-order valence-corrected chi connectivity index (χ0v) is 19.1. The summed E-state index contributed by atoms with van der Waals surface area (Å²) in [6.45, 7) is 0.0223. The van der Waals surface area contributed by atoms with Crippen LogP contribution in [0.2, 0.25) is 0 Å². The number of hydrogen-bond acceptors (Lipinski definition) is 9. The van der Waals surface area contributed by atoms with E-state index in [0.717, 1.165) is 6.07 Å². The molecular weight excluding hydrogens is 489 g/mol. The van der Waals surface area contributed by atoms with Crippen LogP contribution in [0.3, 0.4) is 0 Å². The van der Waals surface area contributed by atoms with Crippen molar-refractivity contribution in [2.75, 3.05) is 23.3 Å². The van der Waals surface area contributed by atoms with Gasteiger partial charge in [-0.15, -0.1) is 10.2 Å². The summed E-state index contributed by atoms with van der Waals surface area (Å²) in [6, 6.07) is 10.4. The third kappa shape index (κ3) is 3.76. The highest BCUT2D eigenvalue weighted by Gasteiger charge is 2.56. The lowest BCUT2D eigenvalue weighted by Gasteiger charge is -2.43. The van der Waals surface area contributed by atoms with Gasteiger partial charge in [-0.2, -0.15) is 4.98 Å². The van der Waals surface area contributed by atoms with Gasteiger partial charge >= 0.3 is 0 Å². The molecule has 2 atom stereocenters. The van der Waals surface area contributed by atoms with Crippen LogP contribution in [0, 0.1) is 5.82 Å². The van der Waals surface area contributed by atoms with E-state index in [9.17, 15) is 23.1 Å². The molecule has 0 spiro atoms. The average Bonchev–Trinajstić information content (AvgIpc) is 3.30. The Labute approximate surface area is 207 Å². The van der Waals surface area contributed by atoms with Crippen LogP contribution >= 0.6 is 0 Å². The molecule has 0 saturated carbocycles. The number of pyridine rings is 2. The Morgan fingerprint density at radius 2 is 2.08 bits per heavy atom. The van der Waals surface area contributed by atoms with Gasteiger partial charge in [0.25, 0.3) is 6.43 Å². The summed E-state index contributed by atoms with van der Waals surface area (Å²) in [5.74, 6) is -0.902. The lowest BCUT2D eigenvalue weighted by Crippen LogP contribution is -2.57. The number of aromatic hydroxyl groups is 1. The minimum Gasteiger partial charge on any atom is -0.504 e. The minimum absolute atomic E-state index is 0.00277. The van der Waals surface area contributed by atoms with E-state index >= 15 is 0 Å². The number of alkyl halides is 2. The third-order valence-electron chi connectivity index (χ3n) is 6.76. The van der Waals surface area contributed by atoms with Crippen LogP contribution in [0.15, 0.2) is 48.7 Å². The monoisotopic (exact) mass is 508 g/mol. The summed E-state index contributed by atoms with van der Waals surface area (Å²) in [7, 11) is 0. The highest BCUT2D eigenvalue weighted by Crippen LogP contribution is 2.46. The van der Waals surface area contributed by atoms with Crippen molar-refractivity contribution >= 4 is 28.8 Å². The number of hydrogen-bond donors (Lipinski definition) is 2. The lowest BCUT2D eigenvalue weighted by atomic mass is 9.93. The second-order valence-electron chi connectivity index (χ2n) is 8.99. The van der Waals surface area contributed by atoms with Crippen molar-refractivity contribution in [3.05, 3.63) is 60.0 Å². The number of halogens is 3. The molecule has 0 aliphatic carbocycles. The molecule has 2 aliphatic heterocycles. The van der Waals surface area contributed by atoms with E-state index in [1.165, 1.54) is 24.4 Å². The van der Waals surface area contributed by atoms with Crippen LogP contribution in [-0.4, -0.2) is 62.7 Å². The van der Waals surface area contributed by atoms with Crippen LogP contribution in [-0.2, 0) is 0 Å². The van der Waals surface area contributed by atoms with Gasteiger partial charge in [-0.05, 0) is 30.3 Å². The van der Waals surface area contributed by atoms with Crippen molar-refractivity contribution in [2.45, 2.75) is 24.5 Å². The predicted octanol–water partition coefficient (Wildman–Crippen LogP) is 3.83. The van der Waals surface area contributed by atoms with Crippen molar-refractivity contribution in [2.24, 2.45) is 0 Å². The van der Waals surface area contributed by atoms with Crippen LogP contribution in [0.4, 0.5) is 24.7 Å². The molecule has 1 saturated heterocycles. The molecule has 6 rings (SSSR count). The van der Waals surface area contributed by atoms with Crippen LogP contribution in [0.1, 0.15) is 16.8 Å². The first-order valence-corrected chi connectivity index (χ1v) is 11.4. The first-order valence-electron chi connectivity index (χ1n) is 11.4. The maximum Gasteiger partial charge on any atom is 0.263 e. The lowest BCUT2D eigenvalue weighted by molar-refractivity contribution is 0.0529. The molecule has 5 heterocycles. The smallest absolute Gasteiger partial charge is 0.263 e. The Kier molecular flexibility index (Phi) is 5.32. The first kappa shape index (κ1) is 23.0. The summed E-state index contributed by atoms with van der Waals surface area (Å²) in [4.78, 5) is 21.0. The topological polar surface area (TPSA) is 113 Å². The van der Waals surface area contributed by atoms with E-state index in [2.05, 4.69) is 25.5 Å². The van der Waals surface area contributed by atoms with Gasteiger partial charge in [0.1, 0.15) is 11.6 Å². The predicted molar refractivity (Wildman–Crippen MR) is 128 cm³/mol. The Hall–Kier alpha value is -4.48. The van der Waals surface area contributed by atoms with Gasteiger partial charge in [-0.25, -0.2) is 18.2 Å². The minimum atomic E-state index is -2.73. The normalized spacial score (nSPS) is 20.4. The Balaban J connectivity index is 1.33. The molecule has 1 fully saturated rings. The number of nitrogens with zero attached hydrogens (tertiary/aromatic N) is 5. The van der Waals surface area contributed by atoms with Crippen molar-refractivity contribution in [3.63, 3.8) is 0 Å². The molecule has 1 aromatic carbocycles. The number of phenols is 1. The van der Waals surface area contributed by atoms with Gasteiger partial charge in [-0.1, -0.05) is 6.07 Å². The van der Waals surface area contributed by atoms with E-state index in [0.29, 0.717) is 34.4 Å². The van der Waals surface area contributed by atoms with Crippen LogP contribution < -0.4 is 15.0 Å². The summed E-state index contributed by atoms with van der Waals surface area (Å²) in [5.41, 5.74) is -0.222. The number of fused-ring (bicyclic) bond motifs is 4. The van der Waals surface area contributed by atoms with Crippen molar-refractivity contribution in [1.82, 2.24) is 20.2 Å². The number of rotatable bonds is 5. The number of para-hydroxylation sites is 1. The third-order valence-corrected chi connectivity index (χ3v) is 6.76. The fraction of sp³-hybridized carbons (Fsp3) is 0.240. The molecule has 188 valence electrons. The fourth-order valence-corrected chi connectivity index (χ4v) is 4.94. The summed E-state index contributed by atoms with van der Waals surface area (Å²) < 4.78 is 49.1. The van der Waals surface area contributed by atoms with Crippen LogP contribution in [0.25, 0.3) is 22.3 Å². The number of aldehydes is 1. The summed E-state index contributed by atoms with van der Waals surface area (Å²) in [5, 5.41) is 21.9. The van der Waals surface area contributed by atoms with Gasteiger partial charge in [0.05, 0.1) is 17.9 Å². The highest BCUT2D eigenvalue weighted by molar-refractivity contribution is 5.84. The van der Waals surface area contributed by atoms with Gasteiger partial charge in [0.15, 0.2) is 29.3 Å². The zero-order chi connectivity index (χ0) is 25.7. The van der Waals surface area contributed by atoms with Gasteiger partial charge in [-0.3, -0.25) is 4.79 Å². The van der Waals surface area contributed by atoms with Crippen LogP contribution in [0.5, 0.6) is 11.6 Å². The number of aromatic nitrogens is 4. The molecule has 37 heavy (non-hydrogen) atoms. The van der Waals surface area contributed by atoms with Crippen molar-refractivity contribution in [1.29, 1.82) is 0 Å². The number of carbonyl (C=O) groups excluding carboxylic acids is 1. The molecule has 0 amide bonds. The second kappa shape index (κ2) is 8.57. The number of phenolic OH excluding ortho intramolecular Hbond substituents is 1. The largest absolute Gasteiger partial charge is 0.504 e. The average molecular weight is 508 g/mol. The molecule has 3 aromatic heterocycles. The number of ether oxygens (including phenoxy) is 1.